The maximum Gasteiger partial charge on any atom is 0.224 e. The molecule has 0 bridgehead atoms. The van der Waals surface area contributed by atoms with Gasteiger partial charge in [0.25, 0.3) is 0 Å². The Morgan fingerprint density at radius 2 is 2.26 bits per heavy atom. The van der Waals surface area contributed by atoms with Gasteiger partial charge in [0.05, 0.1) is 5.69 Å². The highest BCUT2D eigenvalue weighted by molar-refractivity contribution is 5.98. The summed E-state index contributed by atoms with van der Waals surface area (Å²) in [6.45, 7) is 0. The summed E-state index contributed by atoms with van der Waals surface area (Å²) in [4.78, 5) is 11.7. The summed E-state index contributed by atoms with van der Waals surface area (Å²) >= 11 is 0. The average molecular weight is 265 g/mol. The van der Waals surface area contributed by atoms with Crippen LogP contribution in [0.1, 0.15) is 31.2 Å². The van der Waals surface area contributed by atoms with Crippen molar-refractivity contribution in [2.45, 2.75) is 25.7 Å². The van der Waals surface area contributed by atoms with Gasteiger partial charge >= 0.3 is 0 Å². The van der Waals surface area contributed by atoms with Crippen LogP contribution in [0.2, 0.25) is 0 Å². The SMILES string of the molecule is N/C(=N/O)c1ccc(NC(=O)CC2CCC2)c(F)c1. The fraction of sp³-hybridized carbons (Fsp3) is 0.385. The molecule has 1 fully saturated rings. The van der Waals surface area contributed by atoms with Crippen molar-refractivity contribution in [3.63, 3.8) is 0 Å². The van der Waals surface area contributed by atoms with Gasteiger partial charge in [0.1, 0.15) is 5.82 Å². The first kappa shape index (κ1) is 13.3. The zero-order valence-electron chi connectivity index (χ0n) is 10.4. The second-order valence-corrected chi connectivity index (χ2v) is 4.73. The maximum atomic E-state index is 13.7. The van der Waals surface area contributed by atoms with Crippen LogP contribution < -0.4 is 11.1 Å². The molecule has 0 aromatic heterocycles. The first-order valence-electron chi connectivity index (χ1n) is 6.17. The van der Waals surface area contributed by atoms with Crippen LogP contribution in [-0.2, 0) is 4.79 Å². The van der Waals surface area contributed by atoms with Gasteiger partial charge < -0.3 is 16.3 Å². The molecule has 0 unspecified atom stereocenters. The Morgan fingerprint density at radius 1 is 1.53 bits per heavy atom. The molecular weight excluding hydrogens is 249 g/mol. The van der Waals surface area contributed by atoms with E-state index < -0.39 is 5.82 Å². The molecule has 5 nitrogen and oxygen atoms in total. The number of hydrogen-bond acceptors (Lipinski definition) is 3. The van der Waals surface area contributed by atoms with Gasteiger partial charge in [-0.2, -0.15) is 0 Å². The lowest BCUT2D eigenvalue weighted by Gasteiger charge is -2.24. The van der Waals surface area contributed by atoms with Gasteiger partial charge in [0.2, 0.25) is 5.91 Å². The highest BCUT2D eigenvalue weighted by Crippen LogP contribution is 2.29. The smallest absolute Gasteiger partial charge is 0.224 e. The lowest BCUT2D eigenvalue weighted by molar-refractivity contribution is -0.117. The molecule has 1 saturated carbocycles. The number of anilines is 1. The van der Waals surface area contributed by atoms with Crippen molar-refractivity contribution < 1.29 is 14.4 Å². The molecule has 1 aliphatic carbocycles. The Hall–Kier alpha value is -2.11. The zero-order chi connectivity index (χ0) is 13.8. The molecule has 1 aromatic rings. The fourth-order valence-corrected chi connectivity index (χ4v) is 1.99. The summed E-state index contributed by atoms with van der Waals surface area (Å²) in [6, 6.07) is 4.01. The topological polar surface area (TPSA) is 87.7 Å². The van der Waals surface area contributed by atoms with Gasteiger partial charge in [-0.15, -0.1) is 0 Å². The van der Waals surface area contributed by atoms with Gasteiger partial charge in [-0.05, 0) is 37.0 Å². The highest BCUT2D eigenvalue weighted by Gasteiger charge is 2.21. The van der Waals surface area contributed by atoms with Crippen molar-refractivity contribution in [1.82, 2.24) is 0 Å². The molecular formula is C13H16FN3O2. The van der Waals surface area contributed by atoms with Crippen LogP contribution >= 0.6 is 0 Å². The molecule has 1 aromatic carbocycles. The van der Waals surface area contributed by atoms with Crippen molar-refractivity contribution >= 4 is 17.4 Å². The van der Waals surface area contributed by atoms with E-state index in [0.29, 0.717) is 12.3 Å². The van der Waals surface area contributed by atoms with E-state index in [1.54, 1.807) is 0 Å². The van der Waals surface area contributed by atoms with Gasteiger partial charge in [-0.1, -0.05) is 11.6 Å². The molecule has 4 N–H and O–H groups in total. The molecule has 0 aliphatic heterocycles. The van der Waals surface area contributed by atoms with Crippen LogP contribution in [0.4, 0.5) is 10.1 Å². The maximum absolute atomic E-state index is 13.7. The number of amidine groups is 1. The largest absolute Gasteiger partial charge is 0.409 e. The van der Waals surface area contributed by atoms with E-state index in [-0.39, 0.29) is 23.0 Å². The lowest BCUT2D eigenvalue weighted by atomic mass is 9.83. The Morgan fingerprint density at radius 3 is 2.79 bits per heavy atom. The minimum Gasteiger partial charge on any atom is -0.409 e. The molecule has 0 saturated heterocycles. The van der Waals surface area contributed by atoms with Gasteiger partial charge in [0.15, 0.2) is 5.84 Å². The van der Waals surface area contributed by atoms with E-state index in [1.807, 2.05) is 0 Å². The molecule has 0 radical (unpaired) electrons. The molecule has 2 rings (SSSR count). The summed E-state index contributed by atoms with van der Waals surface area (Å²) < 4.78 is 13.7. The molecule has 1 amide bonds. The fourth-order valence-electron chi connectivity index (χ4n) is 1.99. The second-order valence-electron chi connectivity index (χ2n) is 4.73. The Kier molecular flexibility index (Phi) is 3.99. The Balaban J connectivity index is 2.02. The van der Waals surface area contributed by atoms with Crippen LogP contribution in [0.25, 0.3) is 0 Å². The molecule has 102 valence electrons. The number of nitrogens with zero attached hydrogens (tertiary/aromatic N) is 1. The van der Waals surface area contributed by atoms with Crippen molar-refractivity contribution in [3.05, 3.63) is 29.6 Å². The zero-order valence-corrected chi connectivity index (χ0v) is 10.4. The van der Waals surface area contributed by atoms with Crippen molar-refractivity contribution in [2.75, 3.05) is 5.32 Å². The second kappa shape index (κ2) is 5.69. The van der Waals surface area contributed by atoms with Crippen LogP contribution in [0.5, 0.6) is 0 Å². The molecule has 1 aliphatic rings. The van der Waals surface area contributed by atoms with Gasteiger partial charge in [0, 0.05) is 12.0 Å². The van der Waals surface area contributed by atoms with Gasteiger partial charge in [-0.3, -0.25) is 4.79 Å². The standard InChI is InChI=1S/C13H16FN3O2/c14-10-7-9(13(15)17-19)4-5-11(10)16-12(18)6-8-2-1-3-8/h4-5,7-8,19H,1-3,6H2,(H2,15,17)(H,16,18). The molecule has 0 atom stereocenters. The minimum absolute atomic E-state index is 0.110. The number of carbonyl (C=O) groups is 1. The number of halogens is 1. The molecule has 6 heteroatoms. The summed E-state index contributed by atoms with van der Waals surface area (Å²) in [6.07, 6.45) is 3.74. The van der Waals surface area contributed by atoms with Crippen molar-refractivity contribution in [3.8, 4) is 0 Å². The third-order valence-electron chi connectivity index (χ3n) is 3.35. The molecule has 0 spiro atoms. The van der Waals surface area contributed by atoms with E-state index in [2.05, 4.69) is 10.5 Å². The number of rotatable bonds is 4. The van der Waals surface area contributed by atoms with Crippen LogP contribution in [-0.4, -0.2) is 17.0 Å². The van der Waals surface area contributed by atoms with E-state index in [1.165, 1.54) is 18.6 Å². The normalized spacial score (nSPS) is 15.9. The summed E-state index contributed by atoms with van der Waals surface area (Å²) in [7, 11) is 0. The molecule has 19 heavy (non-hydrogen) atoms. The summed E-state index contributed by atoms with van der Waals surface area (Å²) in [5.74, 6) is -0.531. The van der Waals surface area contributed by atoms with Crippen LogP contribution in [0.15, 0.2) is 23.4 Å². The predicted molar refractivity (Wildman–Crippen MR) is 69.5 cm³/mol. The number of nitrogens with two attached hydrogens (primary N) is 1. The average Bonchev–Trinajstić information content (AvgIpc) is 2.35. The van der Waals surface area contributed by atoms with E-state index in [0.717, 1.165) is 18.9 Å². The number of nitrogens with one attached hydrogen (secondary N) is 1. The summed E-state index contributed by atoms with van der Waals surface area (Å²) in [5.41, 5.74) is 5.72. The molecule has 0 heterocycles. The first-order chi connectivity index (χ1) is 9.10. The van der Waals surface area contributed by atoms with E-state index >= 15 is 0 Å². The summed E-state index contributed by atoms with van der Waals surface area (Å²) in [5, 5.41) is 13.8. The Bertz CT molecular complexity index is 513. The third-order valence-corrected chi connectivity index (χ3v) is 3.35. The number of hydrogen-bond donors (Lipinski definition) is 3. The number of benzene rings is 1. The third kappa shape index (κ3) is 3.21. The quantitative estimate of drug-likeness (QED) is 0.337. The number of amides is 1. The lowest BCUT2D eigenvalue weighted by Crippen LogP contribution is -2.21. The monoisotopic (exact) mass is 265 g/mol. The first-order valence-corrected chi connectivity index (χ1v) is 6.17. The van der Waals surface area contributed by atoms with E-state index in [9.17, 15) is 9.18 Å². The number of oxime groups is 1. The number of carbonyl (C=O) groups excluding carboxylic acids is 1. The van der Waals surface area contributed by atoms with Crippen molar-refractivity contribution in [2.24, 2.45) is 16.8 Å². The predicted octanol–water partition coefficient (Wildman–Crippen LogP) is 2.05. The van der Waals surface area contributed by atoms with Gasteiger partial charge in [-0.25, -0.2) is 4.39 Å². The van der Waals surface area contributed by atoms with Crippen LogP contribution in [0.3, 0.4) is 0 Å². The Labute approximate surface area is 110 Å². The van der Waals surface area contributed by atoms with Crippen molar-refractivity contribution in [1.29, 1.82) is 0 Å². The van der Waals surface area contributed by atoms with Crippen LogP contribution in [0, 0.1) is 11.7 Å². The minimum atomic E-state index is -0.606. The van der Waals surface area contributed by atoms with E-state index in [4.69, 9.17) is 10.9 Å². The highest BCUT2D eigenvalue weighted by atomic mass is 19.1.